The summed E-state index contributed by atoms with van der Waals surface area (Å²) >= 11 is 0. The second kappa shape index (κ2) is 12.4. The molecule has 0 aliphatic carbocycles. The van der Waals surface area contributed by atoms with E-state index in [1.165, 1.54) is 26.4 Å². The van der Waals surface area contributed by atoms with E-state index in [9.17, 15) is 8.42 Å². The van der Waals surface area contributed by atoms with Gasteiger partial charge in [0.25, 0.3) is 10.0 Å². The number of benzene rings is 3. The van der Waals surface area contributed by atoms with Crippen molar-refractivity contribution in [2.24, 2.45) is 0 Å². The van der Waals surface area contributed by atoms with Crippen LogP contribution in [0.1, 0.15) is 0 Å². The van der Waals surface area contributed by atoms with Crippen LogP contribution in [-0.4, -0.2) is 64.1 Å². The number of para-hydroxylation sites is 2. The van der Waals surface area contributed by atoms with Crippen LogP contribution in [0.5, 0.6) is 17.2 Å². The lowest BCUT2D eigenvalue weighted by Crippen LogP contribution is -2.16. The van der Waals surface area contributed by atoms with Gasteiger partial charge in [-0.2, -0.15) is 0 Å². The van der Waals surface area contributed by atoms with E-state index in [1.54, 1.807) is 48.5 Å². The summed E-state index contributed by atoms with van der Waals surface area (Å²) in [6, 6.07) is 18.4. The van der Waals surface area contributed by atoms with E-state index in [4.69, 9.17) is 24.1 Å². The monoisotopic (exact) mass is 540 g/mol. The number of fused-ring (bicyclic) bond motifs is 1. The van der Waals surface area contributed by atoms with Crippen molar-refractivity contribution in [1.82, 2.24) is 9.97 Å². The number of aliphatic hydroxyl groups is 1. The molecule has 1 heterocycles. The van der Waals surface area contributed by atoms with Gasteiger partial charge in [-0.3, -0.25) is 4.72 Å². The predicted molar refractivity (Wildman–Crippen MR) is 143 cm³/mol. The van der Waals surface area contributed by atoms with Crippen LogP contribution in [0.2, 0.25) is 0 Å². The zero-order valence-corrected chi connectivity index (χ0v) is 21.7. The lowest BCUT2D eigenvalue weighted by molar-refractivity contribution is 0.0700. The Morgan fingerprint density at radius 3 is 2.18 bits per heavy atom. The van der Waals surface area contributed by atoms with Gasteiger partial charge in [0.15, 0.2) is 23.1 Å². The molecule has 0 aliphatic heterocycles. The smallest absolute Gasteiger partial charge is 0.263 e. The average molecular weight is 541 g/mol. The topological polar surface area (TPSA) is 141 Å². The summed E-state index contributed by atoms with van der Waals surface area (Å²) in [5.74, 6) is 1.29. The molecule has 4 rings (SSSR count). The second-order valence-corrected chi connectivity index (χ2v) is 9.53. The fourth-order valence-corrected chi connectivity index (χ4v) is 4.56. The maximum atomic E-state index is 13.1. The highest BCUT2D eigenvalue weighted by Crippen LogP contribution is 2.41. The number of rotatable bonds is 13. The molecule has 0 aliphatic rings. The van der Waals surface area contributed by atoms with E-state index >= 15 is 0 Å². The van der Waals surface area contributed by atoms with Crippen LogP contribution in [0.15, 0.2) is 71.6 Å². The minimum Gasteiger partial charge on any atom is -0.497 e. The fourth-order valence-electron chi connectivity index (χ4n) is 3.53. The standard InChI is InChI=1S/C26H28N4O7S/c1-34-18-16-22(24(23(17-18)35-2)37-15-14-36-13-12-31)29-25-26(28-21-11-7-6-10-20(21)27-25)30-38(32,33)19-8-4-3-5-9-19/h3-11,16-17,31H,12-15H2,1-2H3,(H,27,29)(H,28,30). The third kappa shape index (κ3) is 6.40. The molecule has 0 saturated carbocycles. The largest absolute Gasteiger partial charge is 0.497 e. The number of sulfonamides is 1. The molecule has 12 heteroatoms. The SMILES string of the molecule is COc1cc(Nc2nc3ccccc3nc2NS(=O)(=O)c2ccccc2)c(OCCOCCO)c(OC)c1. The number of nitrogens with one attached hydrogen (secondary N) is 2. The van der Waals surface area contributed by atoms with Gasteiger partial charge in [0.2, 0.25) is 0 Å². The molecule has 0 fully saturated rings. The number of hydrogen-bond acceptors (Lipinski definition) is 10. The third-order valence-corrected chi connectivity index (χ3v) is 6.66. The van der Waals surface area contributed by atoms with E-state index < -0.39 is 10.0 Å². The maximum absolute atomic E-state index is 13.1. The van der Waals surface area contributed by atoms with Crippen molar-refractivity contribution in [3.63, 3.8) is 0 Å². The maximum Gasteiger partial charge on any atom is 0.263 e. The van der Waals surface area contributed by atoms with Gasteiger partial charge >= 0.3 is 0 Å². The zero-order valence-electron chi connectivity index (χ0n) is 20.9. The minimum atomic E-state index is -3.97. The van der Waals surface area contributed by atoms with Crippen LogP contribution in [0, 0.1) is 0 Å². The molecule has 3 N–H and O–H groups in total. The first-order valence-electron chi connectivity index (χ1n) is 11.6. The Labute approximate surface area is 220 Å². The Morgan fingerprint density at radius 1 is 0.842 bits per heavy atom. The van der Waals surface area contributed by atoms with Gasteiger partial charge in [-0.25, -0.2) is 18.4 Å². The number of aliphatic hydroxyl groups excluding tert-OH is 1. The van der Waals surface area contributed by atoms with Crippen LogP contribution in [0.25, 0.3) is 11.0 Å². The first-order chi connectivity index (χ1) is 18.4. The molecule has 0 spiro atoms. The average Bonchev–Trinajstić information content (AvgIpc) is 2.93. The Hall–Kier alpha value is -4.13. The molecule has 0 saturated heterocycles. The van der Waals surface area contributed by atoms with Gasteiger partial charge in [-0.15, -0.1) is 0 Å². The molecule has 0 bridgehead atoms. The summed E-state index contributed by atoms with van der Waals surface area (Å²) in [5.41, 5.74) is 1.45. The van der Waals surface area contributed by atoms with Gasteiger partial charge in [0, 0.05) is 12.1 Å². The van der Waals surface area contributed by atoms with Crippen LogP contribution >= 0.6 is 0 Å². The summed E-state index contributed by atoms with van der Waals surface area (Å²) < 4.78 is 51.0. The number of anilines is 3. The third-order valence-electron chi connectivity index (χ3n) is 5.30. The van der Waals surface area contributed by atoms with Gasteiger partial charge < -0.3 is 29.4 Å². The normalized spacial score (nSPS) is 11.2. The molecule has 200 valence electrons. The van der Waals surface area contributed by atoms with E-state index in [0.717, 1.165) is 0 Å². The minimum absolute atomic E-state index is 0.00781. The molecule has 0 atom stereocenters. The highest BCUT2D eigenvalue weighted by Gasteiger charge is 2.21. The summed E-state index contributed by atoms with van der Waals surface area (Å²) in [7, 11) is -0.966. The van der Waals surface area contributed by atoms with Crippen molar-refractivity contribution < 1.29 is 32.5 Å². The van der Waals surface area contributed by atoms with Crippen molar-refractivity contribution in [2.75, 3.05) is 50.7 Å². The van der Waals surface area contributed by atoms with Gasteiger partial charge in [-0.05, 0) is 24.3 Å². The van der Waals surface area contributed by atoms with Crippen LogP contribution in [0.3, 0.4) is 0 Å². The molecule has 0 unspecified atom stereocenters. The first-order valence-corrected chi connectivity index (χ1v) is 13.1. The lowest BCUT2D eigenvalue weighted by Gasteiger charge is -2.19. The van der Waals surface area contributed by atoms with E-state index in [-0.39, 0.29) is 43.0 Å². The molecule has 3 aromatic carbocycles. The predicted octanol–water partition coefficient (Wildman–Crippen LogP) is 3.58. The first kappa shape index (κ1) is 26.9. The van der Waals surface area contributed by atoms with Crippen molar-refractivity contribution in [1.29, 1.82) is 0 Å². The van der Waals surface area contributed by atoms with Crippen molar-refractivity contribution in [2.45, 2.75) is 4.90 Å². The number of nitrogens with zero attached hydrogens (tertiary/aromatic N) is 2. The van der Waals surface area contributed by atoms with E-state index in [0.29, 0.717) is 34.0 Å². The van der Waals surface area contributed by atoms with Crippen molar-refractivity contribution >= 4 is 38.4 Å². The van der Waals surface area contributed by atoms with Crippen molar-refractivity contribution in [3.8, 4) is 17.2 Å². The Kier molecular flexibility index (Phi) is 8.79. The molecule has 0 radical (unpaired) electrons. The van der Waals surface area contributed by atoms with Gasteiger partial charge in [0.1, 0.15) is 12.4 Å². The molecule has 0 amide bonds. The lowest BCUT2D eigenvalue weighted by atomic mass is 10.2. The number of ether oxygens (including phenoxy) is 4. The molecule has 38 heavy (non-hydrogen) atoms. The van der Waals surface area contributed by atoms with Gasteiger partial charge in [-0.1, -0.05) is 30.3 Å². The highest BCUT2D eigenvalue weighted by molar-refractivity contribution is 7.92. The van der Waals surface area contributed by atoms with Crippen LogP contribution < -0.4 is 24.2 Å². The number of hydrogen-bond donors (Lipinski definition) is 3. The van der Waals surface area contributed by atoms with E-state index in [1.807, 2.05) is 6.07 Å². The van der Waals surface area contributed by atoms with Crippen molar-refractivity contribution in [3.05, 3.63) is 66.7 Å². The van der Waals surface area contributed by atoms with Crippen LogP contribution in [0.4, 0.5) is 17.3 Å². The summed E-state index contributed by atoms with van der Waals surface area (Å²) in [6.07, 6.45) is 0. The number of aromatic nitrogens is 2. The van der Waals surface area contributed by atoms with Gasteiger partial charge in [0.05, 0.1) is 55.7 Å². The summed E-state index contributed by atoms with van der Waals surface area (Å²) in [4.78, 5) is 9.24. The van der Waals surface area contributed by atoms with Crippen LogP contribution in [-0.2, 0) is 14.8 Å². The number of methoxy groups -OCH3 is 2. The molecular formula is C26H28N4O7S. The second-order valence-electron chi connectivity index (χ2n) is 7.84. The Balaban J connectivity index is 1.76. The summed E-state index contributed by atoms with van der Waals surface area (Å²) in [6.45, 7) is 0.480. The highest BCUT2D eigenvalue weighted by atomic mass is 32.2. The fraction of sp³-hybridized carbons (Fsp3) is 0.231. The quantitative estimate of drug-likeness (QED) is 0.216. The summed E-state index contributed by atoms with van der Waals surface area (Å²) in [5, 5.41) is 12.1. The molecule has 4 aromatic rings. The Bertz CT molecular complexity index is 1480. The Morgan fingerprint density at radius 2 is 1.53 bits per heavy atom. The zero-order chi connectivity index (χ0) is 27.0. The molecule has 1 aromatic heterocycles. The molecular weight excluding hydrogens is 512 g/mol. The molecule has 11 nitrogen and oxygen atoms in total. The van der Waals surface area contributed by atoms with E-state index in [2.05, 4.69) is 20.0 Å².